The molecule has 0 radical (unpaired) electrons. The highest BCUT2D eigenvalue weighted by Gasteiger charge is 2.36. The Kier molecular flexibility index (Phi) is 9.61. The molecule has 1 unspecified atom stereocenters. The fourth-order valence-electron chi connectivity index (χ4n) is 4.85. The molecule has 0 aromatic heterocycles. The summed E-state index contributed by atoms with van der Waals surface area (Å²) in [6.07, 6.45) is 0. The molecular formula is C35H26BrN5O3. The number of amides is 2. The van der Waals surface area contributed by atoms with Gasteiger partial charge in [0.2, 0.25) is 5.91 Å². The number of anilines is 1. The number of nitrogens with zero attached hydrogens (tertiary/aromatic N) is 4. The highest BCUT2D eigenvalue weighted by Crippen LogP contribution is 2.35. The van der Waals surface area contributed by atoms with E-state index in [2.05, 4.69) is 31.3 Å². The second-order valence-electron chi connectivity index (χ2n) is 9.75. The van der Waals surface area contributed by atoms with E-state index in [1.54, 1.807) is 84.9 Å². The van der Waals surface area contributed by atoms with Crippen molar-refractivity contribution in [2.45, 2.75) is 12.6 Å². The first kappa shape index (κ1) is 30.0. The molecule has 1 N–H and O–H groups in total. The van der Waals surface area contributed by atoms with Crippen LogP contribution in [0.15, 0.2) is 143 Å². The van der Waals surface area contributed by atoms with Gasteiger partial charge < -0.3 is 5.32 Å². The topological polar surface area (TPSA) is 115 Å². The second-order valence-corrected chi connectivity index (χ2v) is 10.7. The van der Waals surface area contributed by atoms with Gasteiger partial charge in [0.15, 0.2) is 5.78 Å². The summed E-state index contributed by atoms with van der Waals surface area (Å²) in [6, 6.07) is 37.0. The third-order valence-electron chi connectivity index (χ3n) is 6.95. The Labute approximate surface area is 262 Å². The number of rotatable bonds is 10. The van der Waals surface area contributed by atoms with Crippen molar-refractivity contribution >= 4 is 44.9 Å². The lowest BCUT2D eigenvalue weighted by molar-refractivity contribution is -0.122. The first-order valence-electron chi connectivity index (χ1n) is 13.7. The minimum Gasteiger partial charge on any atom is -0.350 e. The minimum atomic E-state index is -1.21. The van der Waals surface area contributed by atoms with Gasteiger partial charge in [-0.1, -0.05) is 124 Å². The Morgan fingerprint density at radius 3 is 2.02 bits per heavy atom. The van der Waals surface area contributed by atoms with Crippen LogP contribution >= 0.6 is 15.9 Å². The number of carbonyl (C=O) groups excluding carboxylic acids is 3. The largest absolute Gasteiger partial charge is 0.350 e. The van der Waals surface area contributed by atoms with E-state index < -0.39 is 17.9 Å². The lowest BCUT2D eigenvalue weighted by Crippen LogP contribution is -2.44. The van der Waals surface area contributed by atoms with E-state index in [0.29, 0.717) is 11.1 Å². The van der Waals surface area contributed by atoms with E-state index in [0.717, 1.165) is 10.0 Å². The fraction of sp³-hybridized carbons (Fsp3) is 0.0571. The Morgan fingerprint density at radius 2 is 1.34 bits per heavy atom. The highest BCUT2D eigenvalue weighted by atomic mass is 79.9. The molecule has 216 valence electrons. The second kappa shape index (κ2) is 14.1. The number of benzene rings is 5. The Hall–Kier alpha value is -5.50. The van der Waals surface area contributed by atoms with Crippen LogP contribution in [0, 0.1) is 0 Å². The van der Waals surface area contributed by atoms with E-state index in [4.69, 9.17) is 0 Å². The van der Waals surface area contributed by atoms with Gasteiger partial charge >= 0.3 is 0 Å². The zero-order valence-electron chi connectivity index (χ0n) is 23.4. The standard InChI is InChI=1S/C35H26BrN5O3/c36-27-21-19-25(20-22-27)32(34(43)38-23-24-11-3-1-4-12-24)41(35(44)28-15-7-9-17-30(28)39-40-37)31-18-10-8-16-29(31)33(42)26-13-5-2-6-14-26/h1-22,32H,23H2,(H,38,43). The smallest absolute Gasteiger partial charge is 0.259 e. The van der Waals surface area contributed by atoms with Crippen LogP contribution in [0.4, 0.5) is 11.4 Å². The molecule has 0 heterocycles. The number of nitrogens with one attached hydrogen (secondary N) is 1. The predicted octanol–water partition coefficient (Wildman–Crippen LogP) is 8.33. The van der Waals surface area contributed by atoms with E-state index in [-0.39, 0.29) is 34.8 Å². The summed E-state index contributed by atoms with van der Waals surface area (Å²) in [7, 11) is 0. The minimum absolute atomic E-state index is 0.0743. The maximum Gasteiger partial charge on any atom is 0.259 e. The summed E-state index contributed by atoms with van der Waals surface area (Å²) in [5.41, 5.74) is 11.7. The van der Waals surface area contributed by atoms with Gasteiger partial charge in [-0.05, 0) is 47.0 Å². The molecule has 0 fully saturated rings. The number of hydrogen-bond acceptors (Lipinski definition) is 4. The molecule has 9 heteroatoms. The van der Waals surface area contributed by atoms with Gasteiger partial charge in [0.25, 0.3) is 5.91 Å². The zero-order chi connectivity index (χ0) is 30.9. The molecule has 0 aliphatic heterocycles. The van der Waals surface area contributed by atoms with E-state index in [9.17, 15) is 19.9 Å². The van der Waals surface area contributed by atoms with Crippen molar-refractivity contribution in [1.29, 1.82) is 0 Å². The molecule has 5 aromatic carbocycles. The van der Waals surface area contributed by atoms with Crippen LogP contribution < -0.4 is 10.2 Å². The number of hydrogen-bond donors (Lipinski definition) is 1. The summed E-state index contributed by atoms with van der Waals surface area (Å²) in [6.45, 7) is 0.217. The Morgan fingerprint density at radius 1 is 0.750 bits per heavy atom. The maximum atomic E-state index is 14.7. The molecule has 0 saturated heterocycles. The van der Waals surface area contributed by atoms with Gasteiger partial charge in [-0.25, -0.2) is 0 Å². The lowest BCUT2D eigenvalue weighted by Gasteiger charge is -2.33. The van der Waals surface area contributed by atoms with Crippen molar-refractivity contribution in [2.75, 3.05) is 4.90 Å². The van der Waals surface area contributed by atoms with Crippen molar-refractivity contribution in [3.05, 3.63) is 176 Å². The highest BCUT2D eigenvalue weighted by molar-refractivity contribution is 9.10. The Bertz CT molecular complexity index is 1840. The molecule has 0 saturated carbocycles. The molecule has 8 nitrogen and oxygen atoms in total. The molecule has 0 aliphatic rings. The van der Waals surface area contributed by atoms with Crippen LogP contribution in [-0.2, 0) is 11.3 Å². The third-order valence-corrected chi connectivity index (χ3v) is 7.48. The van der Waals surface area contributed by atoms with Crippen LogP contribution in [0.2, 0.25) is 0 Å². The van der Waals surface area contributed by atoms with Gasteiger partial charge in [0.1, 0.15) is 6.04 Å². The monoisotopic (exact) mass is 643 g/mol. The van der Waals surface area contributed by atoms with Crippen LogP contribution in [0.1, 0.15) is 43.4 Å². The number of halogens is 1. The average molecular weight is 645 g/mol. The summed E-state index contributed by atoms with van der Waals surface area (Å²) in [5, 5.41) is 6.71. The van der Waals surface area contributed by atoms with Gasteiger partial charge in [-0.2, -0.15) is 0 Å². The van der Waals surface area contributed by atoms with Gasteiger partial charge in [0, 0.05) is 32.6 Å². The van der Waals surface area contributed by atoms with E-state index in [1.165, 1.54) is 17.0 Å². The van der Waals surface area contributed by atoms with Crippen molar-refractivity contribution in [2.24, 2.45) is 5.11 Å². The molecule has 44 heavy (non-hydrogen) atoms. The number of para-hydroxylation sites is 1. The number of ketones is 1. The predicted molar refractivity (Wildman–Crippen MR) is 174 cm³/mol. The van der Waals surface area contributed by atoms with E-state index in [1.807, 2.05) is 36.4 Å². The van der Waals surface area contributed by atoms with Crippen LogP contribution in [0.5, 0.6) is 0 Å². The van der Waals surface area contributed by atoms with Gasteiger partial charge in [-0.15, -0.1) is 0 Å². The van der Waals surface area contributed by atoms with Gasteiger partial charge in [0.05, 0.1) is 11.4 Å². The van der Waals surface area contributed by atoms with Crippen LogP contribution in [0.3, 0.4) is 0 Å². The maximum absolute atomic E-state index is 14.7. The summed E-state index contributed by atoms with van der Waals surface area (Å²) in [4.78, 5) is 47.0. The zero-order valence-corrected chi connectivity index (χ0v) is 25.0. The molecule has 0 spiro atoms. The number of carbonyl (C=O) groups is 3. The van der Waals surface area contributed by atoms with Crippen LogP contribution in [0.25, 0.3) is 10.4 Å². The molecule has 0 bridgehead atoms. The normalized spacial score (nSPS) is 11.1. The summed E-state index contributed by atoms with van der Waals surface area (Å²) >= 11 is 3.45. The molecule has 1 atom stereocenters. The lowest BCUT2D eigenvalue weighted by atomic mass is 9.96. The Balaban J connectivity index is 1.71. The average Bonchev–Trinajstić information content (AvgIpc) is 3.07. The molecular weight excluding hydrogens is 618 g/mol. The van der Waals surface area contributed by atoms with Crippen molar-refractivity contribution in [1.82, 2.24) is 5.32 Å². The molecule has 5 rings (SSSR count). The van der Waals surface area contributed by atoms with Crippen molar-refractivity contribution in [3.8, 4) is 0 Å². The van der Waals surface area contributed by atoms with Crippen LogP contribution in [-0.4, -0.2) is 17.6 Å². The van der Waals surface area contributed by atoms with E-state index >= 15 is 0 Å². The molecule has 5 aromatic rings. The van der Waals surface area contributed by atoms with Crippen molar-refractivity contribution in [3.63, 3.8) is 0 Å². The summed E-state index contributed by atoms with van der Waals surface area (Å²) in [5.74, 6) is -1.40. The third kappa shape index (κ3) is 6.76. The SMILES string of the molecule is [N-]=[N+]=Nc1ccccc1C(=O)N(c1ccccc1C(=O)c1ccccc1)C(C(=O)NCc1ccccc1)c1ccc(Br)cc1. The number of azide groups is 1. The fourth-order valence-corrected chi connectivity index (χ4v) is 5.11. The first-order chi connectivity index (χ1) is 21.5. The van der Waals surface area contributed by atoms with Crippen molar-refractivity contribution < 1.29 is 14.4 Å². The molecule has 2 amide bonds. The first-order valence-corrected chi connectivity index (χ1v) is 14.5. The summed E-state index contributed by atoms with van der Waals surface area (Å²) < 4.78 is 0.788. The van der Waals surface area contributed by atoms with Gasteiger partial charge in [-0.3, -0.25) is 19.3 Å². The quantitative estimate of drug-likeness (QED) is 0.0713. The molecule has 0 aliphatic carbocycles.